The van der Waals surface area contributed by atoms with Crippen LogP contribution >= 0.6 is 0 Å². The maximum absolute atomic E-state index is 11.9. The van der Waals surface area contributed by atoms with Gasteiger partial charge in [-0.3, -0.25) is 10.2 Å². The molecule has 1 amide bonds. The smallest absolute Gasteiger partial charge is 0.265 e. The van der Waals surface area contributed by atoms with E-state index in [1.807, 2.05) is 19.9 Å². The maximum atomic E-state index is 11.9. The lowest BCUT2D eigenvalue weighted by Gasteiger charge is -2.12. The van der Waals surface area contributed by atoms with Gasteiger partial charge < -0.3 is 9.26 Å². The van der Waals surface area contributed by atoms with Crippen molar-refractivity contribution in [2.45, 2.75) is 20.5 Å². The van der Waals surface area contributed by atoms with Crippen LogP contribution in [0, 0.1) is 13.8 Å². The topological polar surface area (TPSA) is 67.6 Å². The third-order valence-corrected chi connectivity index (χ3v) is 2.99. The molecule has 2 rings (SSSR count). The molecule has 0 fully saturated rings. The molecular formula is C15H19N3O3. The molecule has 1 aromatic heterocycles. The van der Waals surface area contributed by atoms with Gasteiger partial charge in [0.15, 0.2) is 0 Å². The van der Waals surface area contributed by atoms with Gasteiger partial charge in [0, 0.05) is 19.7 Å². The van der Waals surface area contributed by atoms with Crippen LogP contribution in [0.15, 0.2) is 28.8 Å². The van der Waals surface area contributed by atoms with Crippen molar-refractivity contribution >= 4 is 5.91 Å². The van der Waals surface area contributed by atoms with Gasteiger partial charge in [-0.1, -0.05) is 11.2 Å². The van der Waals surface area contributed by atoms with Gasteiger partial charge in [-0.15, -0.1) is 0 Å². The van der Waals surface area contributed by atoms with E-state index in [2.05, 4.69) is 10.6 Å². The van der Waals surface area contributed by atoms with Crippen molar-refractivity contribution in [3.63, 3.8) is 0 Å². The van der Waals surface area contributed by atoms with Crippen molar-refractivity contribution in [3.05, 3.63) is 46.8 Å². The fraction of sp³-hybridized carbons (Fsp3) is 0.333. The molecule has 112 valence electrons. The van der Waals surface area contributed by atoms with E-state index in [9.17, 15) is 4.79 Å². The highest BCUT2D eigenvalue weighted by molar-refractivity contribution is 5.94. The molecule has 0 saturated heterocycles. The van der Waals surface area contributed by atoms with Gasteiger partial charge in [-0.05, 0) is 32.0 Å². The zero-order chi connectivity index (χ0) is 15.4. The Morgan fingerprint density at radius 2 is 2.14 bits per heavy atom. The van der Waals surface area contributed by atoms with E-state index >= 15 is 0 Å². The lowest BCUT2D eigenvalue weighted by molar-refractivity contribution is 0.0856. The minimum Gasteiger partial charge on any atom is -0.489 e. The van der Waals surface area contributed by atoms with Gasteiger partial charge in [-0.25, -0.2) is 5.01 Å². The normalized spacial score (nSPS) is 10.7. The number of carbonyl (C=O) groups excluding carboxylic acids is 1. The van der Waals surface area contributed by atoms with Crippen molar-refractivity contribution in [2.75, 3.05) is 14.1 Å². The van der Waals surface area contributed by atoms with Crippen molar-refractivity contribution in [3.8, 4) is 5.75 Å². The SMILES string of the molecule is Cc1noc(C)c1COc1cccc(C(=O)NN(C)C)c1. The van der Waals surface area contributed by atoms with E-state index < -0.39 is 0 Å². The molecule has 21 heavy (non-hydrogen) atoms. The summed E-state index contributed by atoms with van der Waals surface area (Å²) in [5.74, 6) is 1.19. The second kappa shape index (κ2) is 6.41. The highest BCUT2D eigenvalue weighted by Gasteiger charge is 2.11. The zero-order valence-corrected chi connectivity index (χ0v) is 12.6. The minimum absolute atomic E-state index is 0.178. The molecule has 0 radical (unpaired) electrons. The molecule has 0 aliphatic heterocycles. The van der Waals surface area contributed by atoms with Crippen LogP contribution in [-0.2, 0) is 6.61 Å². The van der Waals surface area contributed by atoms with E-state index in [1.54, 1.807) is 37.3 Å². The molecule has 0 aliphatic carbocycles. The maximum Gasteiger partial charge on any atom is 0.265 e. The zero-order valence-electron chi connectivity index (χ0n) is 12.6. The second-order valence-corrected chi connectivity index (χ2v) is 4.95. The number of benzene rings is 1. The lowest BCUT2D eigenvalue weighted by atomic mass is 10.2. The predicted molar refractivity (Wildman–Crippen MR) is 77.9 cm³/mol. The number of aromatic nitrogens is 1. The molecule has 0 unspecified atom stereocenters. The first kappa shape index (κ1) is 15.1. The Bertz CT molecular complexity index is 615. The summed E-state index contributed by atoms with van der Waals surface area (Å²) in [5, 5.41) is 5.48. The first-order chi connectivity index (χ1) is 9.97. The summed E-state index contributed by atoms with van der Waals surface area (Å²) in [5.41, 5.74) is 4.97. The fourth-order valence-electron chi connectivity index (χ4n) is 1.86. The third-order valence-electron chi connectivity index (χ3n) is 2.99. The van der Waals surface area contributed by atoms with Crippen LogP contribution < -0.4 is 10.2 Å². The summed E-state index contributed by atoms with van der Waals surface area (Å²) in [6, 6.07) is 7.04. The Morgan fingerprint density at radius 3 is 2.76 bits per heavy atom. The van der Waals surface area contributed by atoms with E-state index in [-0.39, 0.29) is 5.91 Å². The molecule has 1 aromatic carbocycles. The average Bonchev–Trinajstić information content (AvgIpc) is 2.75. The van der Waals surface area contributed by atoms with Crippen LogP contribution in [0.4, 0.5) is 0 Å². The Morgan fingerprint density at radius 1 is 1.38 bits per heavy atom. The molecule has 0 spiro atoms. The largest absolute Gasteiger partial charge is 0.489 e. The van der Waals surface area contributed by atoms with Crippen LogP contribution in [0.2, 0.25) is 0 Å². The highest BCUT2D eigenvalue weighted by Crippen LogP contribution is 2.18. The van der Waals surface area contributed by atoms with Crippen molar-refractivity contribution < 1.29 is 14.1 Å². The molecule has 0 bridgehead atoms. The Kier molecular flexibility index (Phi) is 4.59. The van der Waals surface area contributed by atoms with Crippen molar-refractivity contribution in [1.82, 2.24) is 15.6 Å². The van der Waals surface area contributed by atoms with Crippen molar-refractivity contribution in [2.24, 2.45) is 0 Å². The molecule has 6 nitrogen and oxygen atoms in total. The number of amides is 1. The number of hydrogen-bond donors (Lipinski definition) is 1. The first-order valence-electron chi connectivity index (χ1n) is 6.60. The van der Waals surface area contributed by atoms with Crippen LogP contribution in [0.1, 0.15) is 27.4 Å². The van der Waals surface area contributed by atoms with Gasteiger partial charge in [0.1, 0.15) is 18.1 Å². The Labute approximate surface area is 123 Å². The molecule has 2 aromatic rings. The molecule has 0 saturated carbocycles. The predicted octanol–water partition coefficient (Wildman–Crippen LogP) is 2.08. The number of hydrogen-bond acceptors (Lipinski definition) is 5. The summed E-state index contributed by atoms with van der Waals surface area (Å²) in [6.07, 6.45) is 0. The molecule has 1 N–H and O–H groups in total. The van der Waals surface area contributed by atoms with E-state index in [0.717, 1.165) is 17.0 Å². The van der Waals surface area contributed by atoms with Gasteiger partial charge in [0.2, 0.25) is 0 Å². The van der Waals surface area contributed by atoms with Crippen LogP contribution in [-0.4, -0.2) is 30.2 Å². The quantitative estimate of drug-likeness (QED) is 0.854. The summed E-state index contributed by atoms with van der Waals surface area (Å²) in [6.45, 7) is 4.08. The third kappa shape index (κ3) is 3.82. The summed E-state index contributed by atoms with van der Waals surface area (Å²) < 4.78 is 10.8. The van der Waals surface area contributed by atoms with Gasteiger partial charge in [0.25, 0.3) is 5.91 Å². The first-order valence-corrected chi connectivity index (χ1v) is 6.60. The molecular weight excluding hydrogens is 270 g/mol. The Balaban J connectivity index is 2.06. The number of carbonyl (C=O) groups is 1. The molecule has 1 heterocycles. The van der Waals surface area contributed by atoms with Gasteiger partial charge in [0.05, 0.1) is 11.3 Å². The Hall–Kier alpha value is -2.34. The summed E-state index contributed by atoms with van der Waals surface area (Å²) in [7, 11) is 3.52. The van der Waals surface area contributed by atoms with Crippen LogP contribution in [0.3, 0.4) is 0 Å². The second-order valence-electron chi connectivity index (χ2n) is 4.95. The highest BCUT2D eigenvalue weighted by atomic mass is 16.5. The summed E-state index contributed by atoms with van der Waals surface area (Å²) in [4.78, 5) is 11.9. The molecule has 0 aliphatic rings. The van der Waals surface area contributed by atoms with Crippen LogP contribution in [0.5, 0.6) is 5.75 Å². The number of hydrazine groups is 1. The number of nitrogens with zero attached hydrogens (tertiary/aromatic N) is 2. The fourth-order valence-corrected chi connectivity index (χ4v) is 1.86. The monoisotopic (exact) mass is 289 g/mol. The molecule has 0 atom stereocenters. The lowest BCUT2D eigenvalue weighted by Crippen LogP contribution is -2.36. The number of nitrogens with one attached hydrogen (secondary N) is 1. The standard InChI is InChI=1S/C15H19N3O3/c1-10-14(11(2)21-17-10)9-20-13-7-5-6-12(8-13)15(19)16-18(3)4/h5-8H,9H2,1-4H3,(H,16,19). The van der Waals surface area contributed by atoms with E-state index in [4.69, 9.17) is 9.26 Å². The number of aryl methyl sites for hydroxylation is 2. The van der Waals surface area contributed by atoms with Crippen molar-refractivity contribution in [1.29, 1.82) is 0 Å². The average molecular weight is 289 g/mol. The van der Waals surface area contributed by atoms with E-state index in [0.29, 0.717) is 17.9 Å². The van der Waals surface area contributed by atoms with Crippen LogP contribution in [0.25, 0.3) is 0 Å². The molecule has 6 heteroatoms. The number of ether oxygens (including phenoxy) is 1. The van der Waals surface area contributed by atoms with E-state index in [1.165, 1.54) is 0 Å². The van der Waals surface area contributed by atoms with Gasteiger partial charge in [-0.2, -0.15) is 0 Å². The van der Waals surface area contributed by atoms with Gasteiger partial charge >= 0.3 is 0 Å². The number of rotatable bonds is 5. The summed E-state index contributed by atoms with van der Waals surface area (Å²) >= 11 is 0. The minimum atomic E-state index is -0.178.